The summed E-state index contributed by atoms with van der Waals surface area (Å²) in [5.74, 6) is -1.50. The quantitative estimate of drug-likeness (QED) is 0.261. The minimum Gasteiger partial charge on any atom is -0.461 e. The molecular formula is C28H43NO9. The number of ether oxygens (including phenoxy) is 5. The Morgan fingerprint density at radius 3 is 1.95 bits per heavy atom. The molecule has 0 aromatic heterocycles. The number of hydrogen-bond donors (Lipinski definition) is 1. The number of carbonyl (C=O) groups excluding carboxylic acids is 4. The SMILES string of the molecule is CCCOC(=O)O[C@@H](C)COC(=O)[C@@H](N)Cc1ccc(OC(=O)C(C)(C)CC)c(OC(=O)C(C)(C)CC)c1. The van der Waals surface area contributed by atoms with Crippen LogP contribution in [-0.4, -0.2) is 49.4 Å². The summed E-state index contributed by atoms with van der Waals surface area (Å²) in [5, 5.41) is 0. The highest BCUT2D eigenvalue weighted by Gasteiger charge is 2.31. The first-order valence-corrected chi connectivity index (χ1v) is 13.0. The molecule has 214 valence electrons. The molecule has 0 aliphatic carbocycles. The average molecular weight is 538 g/mol. The maximum Gasteiger partial charge on any atom is 0.508 e. The molecule has 10 heteroatoms. The fraction of sp³-hybridized carbons (Fsp3) is 0.643. The van der Waals surface area contributed by atoms with E-state index in [2.05, 4.69) is 0 Å². The van der Waals surface area contributed by atoms with E-state index >= 15 is 0 Å². The zero-order valence-electron chi connectivity index (χ0n) is 23.9. The van der Waals surface area contributed by atoms with Gasteiger partial charge in [-0.05, 0) is 78.0 Å². The van der Waals surface area contributed by atoms with E-state index < -0.39 is 47.0 Å². The lowest BCUT2D eigenvalue weighted by Crippen LogP contribution is -2.36. The van der Waals surface area contributed by atoms with Crippen molar-refractivity contribution in [1.29, 1.82) is 0 Å². The summed E-state index contributed by atoms with van der Waals surface area (Å²) in [7, 11) is 0. The molecule has 0 saturated heterocycles. The van der Waals surface area contributed by atoms with Crippen molar-refractivity contribution in [3.63, 3.8) is 0 Å². The van der Waals surface area contributed by atoms with Gasteiger partial charge in [-0.1, -0.05) is 26.8 Å². The third-order valence-corrected chi connectivity index (χ3v) is 6.23. The van der Waals surface area contributed by atoms with Gasteiger partial charge < -0.3 is 29.4 Å². The molecule has 0 radical (unpaired) electrons. The van der Waals surface area contributed by atoms with Crippen molar-refractivity contribution in [2.45, 2.75) is 93.2 Å². The second-order valence-corrected chi connectivity index (χ2v) is 10.5. The van der Waals surface area contributed by atoms with E-state index in [0.717, 1.165) is 0 Å². The van der Waals surface area contributed by atoms with E-state index in [0.29, 0.717) is 24.8 Å². The van der Waals surface area contributed by atoms with E-state index in [4.69, 9.17) is 29.4 Å². The number of rotatable bonds is 14. The lowest BCUT2D eigenvalue weighted by molar-refractivity contribution is -0.148. The summed E-state index contributed by atoms with van der Waals surface area (Å²) in [4.78, 5) is 49.4. The molecule has 1 rings (SSSR count). The average Bonchev–Trinajstić information content (AvgIpc) is 2.87. The number of hydrogen-bond acceptors (Lipinski definition) is 10. The highest BCUT2D eigenvalue weighted by molar-refractivity contribution is 5.81. The number of nitrogens with two attached hydrogens (primary N) is 1. The van der Waals surface area contributed by atoms with Gasteiger partial charge in [0.2, 0.25) is 0 Å². The molecule has 0 spiro atoms. The van der Waals surface area contributed by atoms with Crippen LogP contribution in [0.15, 0.2) is 18.2 Å². The minimum absolute atomic E-state index is 0.0578. The van der Waals surface area contributed by atoms with Gasteiger partial charge in [0.05, 0.1) is 17.4 Å². The fourth-order valence-electron chi connectivity index (χ4n) is 2.67. The molecular weight excluding hydrogens is 494 g/mol. The number of carbonyl (C=O) groups is 4. The molecule has 2 atom stereocenters. The van der Waals surface area contributed by atoms with Crippen molar-refractivity contribution < 1.29 is 42.9 Å². The molecule has 0 amide bonds. The Kier molecular flexibility index (Phi) is 12.7. The molecule has 0 saturated carbocycles. The van der Waals surface area contributed by atoms with Crippen molar-refractivity contribution in [1.82, 2.24) is 0 Å². The monoisotopic (exact) mass is 537 g/mol. The van der Waals surface area contributed by atoms with E-state index in [-0.39, 0.29) is 31.1 Å². The van der Waals surface area contributed by atoms with Crippen LogP contribution in [0, 0.1) is 10.8 Å². The molecule has 0 unspecified atom stereocenters. The summed E-state index contributed by atoms with van der Waals surface area (Å²) < 4.78 is 26.2. The van der Waals surface area contributed by atoms with Gasteiger partial charge in [0, 0.05) is 0 Å². The molecule has 1 aromatic carbocycles. The van der Waals surface area contributed by atoms with Gasteiger partial charge in [-0.3, -0.25) is 14.4 Å². The first kappa shape index (κ1) is 32.9. The van der Waals surface area contributed by atoms with E-state index in [1.54, 1.807) is 40.7 Å². The number of esters is 3. The lowest BCUT2D eigenvalue weighted by atomic mass is 9.90. The van der Waals surface area contributed by atoms with Crippen molar-refractivity contribution in [3.8, 4) is 11.5 Å². The summed E-state index contributed by atoms with van der Waals surface area (Å²) >= 11 is 0. The highest BCUT2D eigenvalue weighted by Crippen LogP contribution is 2.34. The van der Waals surface area contributed by atoms with Crippen LogP contribution in [0.25, 0.3) is 0 Å². The maximum atomic E-state index is 12.8. The summed E-state index contributed by atoms with van der Waals surface area (Å²) in [6, 6.07) is 3.62. The normalized spacial score (nSPS) is 13.2. The Morgan fingerprint density at radius 1 is 0.868 bits per heavy atom. The van der Waals surface area contributed by atoms with E-state index in [9.17, 15) is 19.2 Å². The molecule has 38 heavy (non-hydrogen) atoms. The second kappa shape index (κ2) is 14.7. The molecule has 0 fully saturated rings. The summed E-state index contributed by atoms with van der Waals surface area (Å²) in [6.07, 6.45) is 0.260. The standard InChI is InChI=1S/C28H43NO9/c1-9-14-34-26(33)36-18(4)17-35-23(30)20(29)15-19-12-13-21(37-24(31)27(5,6)10-2)22(16-19)38-25(32)28(7,8)11-3/h12-13,16,18,20H,9-11,14-15,17,29H2,1-8H3/t18-,20-/m0/s1. The smallest absolute Gasteiger partial charge is 0.461 e. The Morgan fingerprint density at radius 2 is 1.42 bits per heavy atom. The van der Waals surface area contributed by atoms with Gasteiger partial charge in [0.25, 0.3) is 0 Å². The predicted molar refractivity (Wildman–Crippen MR) is 141 cm³/mol. The Balaban J connectivity index is 2.98. The zero-order valence-corrected chi connectivity index (χ0v) is 23.9. The molecule has 1 aromatic rings. The topological polar surface area (TPSA) is 140 Å². The van der Waals surface area contributed by atoms with Crippen LogP contribution in [0.4, 0.5) is 4.79 Å². The van der Waals surface area contributed by atoms with Gasteiger partial charge in [-0.25, -0.2) is 4.79 Å². The molecule has 0 bridgehead atoms. The third kappa shape index (κ3) is 10.3. The van der Waals surface area contributed by atoms with Crippen LogP contribution in [0.2, 0.25) is 0 Å². The third-order valence-electron chi connectivity index (χ3n) is 6.23. The molecule has 0 aliphatic heterocycles. The van der Waals surface area contributed by atoms with E-state index in [1.807, 2.05) is 20.8 Å². The van der Waals surface area contributed by atoms with Gasteiger partial charge in [0.1, 0.15) is 18.8 Å². The van der Waals surface area contributed by atoms with E-state index in [1.165, 1.54) is 12.1 Å². The van der Waals surface area contributed by atoms with Crippen LogP contribution >= 0.6 is 0 Å². The Labute approximate surface area is 225 Å². The Hall–Kier alpha value is -3.14. The first-order chi connectivity index (χ1) is 17.7. The fourth-order valence-corrected chi connectivity index (χ4v) is 2.67. The predicted octanol–water partition coefficient (Wildman–Crippen LogP) is 4.73. The van der Waals surface area contributed by atoms with Gasteiger partial charge >= 0.3 is 24.1 Å². The molecule has 0 heterocycles. The largest absolute Gasteiger partial charge is 0.508 e. The molecule has 2 N–H and O–H groups in total. The molecule has 10 nitrogen and oxygen atoms in total. The first-order valence-electron chi connectivity index (χ1n) is 13.0. The molecule has 0 aliphatic rings. The van der Waals surface area contributed by atoms with Crippen molar-refractivity contribution in [2.24, 2.45) is 16.6 Å². The van der Waals surface area contributed by atoms with Gasteiger partial charge in [-0.15, -0.1) is 0 Å². The minimum atomic E-state index is -1.04. The Bertz CT molecular complexity index is 971. The van der Waals surface area contributed by atoms with Crippen molar-refractivity contribution >= 4 is 24.1 Å². The van der Waals surface area contributed by atoms with Crippen LogP contribution in [-0.2, 0) is 35.0 Å². The van der Waals surface area contributed by atoms with Crippen LogP contribution < -0.4 is 15.2 Å². The lowest BCUT2D eigenvalue weighted by Gasteiger charge is -2.23. The van der Waals surface area contributed by atoms with Crippen molar-refractivity contribution in [2.75, 3.05) is 13.2 Å². The van der Waals surface area contributed by atoms with Crippen LogP contribution in [0.1, 0.15) is 80.2 Å². The van der Waals surface area contributed by atoms with Gasteiger partial charge in [-0.2, -0.15) is 0 Å². The van der Waals surface area contributed by atoms with Crippen LogP contribution in [0.3, 0.4) is 0 Å². The highest BCUT2D eigenvalue weighted by atomic mass is 16.7. The van der Waals surface area contributed by atoms with Crippen molar-refractivity contribution in [3.05, 3.63) is 23.8 Å². The number of benzene rings is 1. The van der Waals surface area contributed by atoms with Crippen LogP contribution in [0.5, 0.6) is 11.5 Å². The second-order valence-electron chi connectivity index (χ2n) is 10.5. The maximum absolute atomic E-state index is 12.8. The summed E-state index contributed by atoms with van der Waals surface area (Å²) in [5.41, 5.74) is 5.11. The van der Waals surface area contributed by atoms with Gasteiger partial charge in [0.15, 0.2) is 11.5 Å². The summed E-state index contributed by atoms with van der Waals surface area (Å²) in [6.45, 7) is 14.2. The zero-order chi connectivity index (χ0) is 29.1.